The monoisotopic (exact) mass is 265 g/mol. The van der Waals surface area contributed by atoms with Crippen LogP contribution in [-0.2, 0) is 0 Å². The highest BCUT2D eigenvalue weighted by Gasteiger charge is 2.09. The van der Waals surface area contributed by atoms with Crippen LogP contribution in [0.15, 0.2) is 48.8 Å². The number of hydrogen-bond donors (Lipinski definition) is 2. The van der Waals surface area contributed by atoms with Gasteiger partial charge in [0.2, 0.25) is 0 Å². The van der Waals surface area contributed by atoms with E-state index in [4.69, 9.17) is 5.73 Å². The topological polar surface area (TPSA) is 76.7 Å². The van der Waals surface area contributed by atoms with E-state index in [9.17, 15) is 0 Å². The van der Waals surface area contributed by atoms with E-state index in [-0.39, 0.29) is 6.04 Å². The number of nitrogens with zero attached hydrogens (tertiary/aromatic N) is 3. The van der Waals surface area contributed by atoms with E-state index in [1.165, 1.54) is 0 Å². The standard InChI is InChI=1S/C15H15N5/c1-10(11-4-2-3-5-12(11)16)19-14-7-6-13-15(20-14)18-9-8-17-13/h2-10H,16H2,1H3,(H,18,19,20). The Labute approximate surface area is 116 Å². The molecule has 1 aromatic carbocycles. The van der Waals surface area contributed by atoms with Gasteiger partial charge in [-0.05, 0) is 30.7 Å². The second-order valence-corrected chi connectivity index (χ2v) is 4.59. The van der Waals surface area contributed by atoms with Gasteiger partial charge < -0.3 is 11.1 Å². The number of anilines is 2. The molecule has 20 heavy (non-hydrogen) atoms. The highest BCUT2D eigenvalue weighted by atomic mass is 15.0. The van der Waals surface area contributed by atoms with Crippen molar-refractivity contribution in [2.24, 2.45) is 0 Å². The SMILES string of the molecule is CC(Nc1ccc2nccnc2n1)c1ccccc1N. The molecule has 1 atom stereocenters. The van der Waals surface area contributed by atoms with Crippen LogP contribution in [0, 0.1) is 0 Å². The summed E-state index contributed by atoms with van der Waals surface area (Å²) in [6, 6.07) is 11.7. The van der Waals surface area contributed by atoms with Crippen LogP contribution in [0.5, 0.6) is 0 Å². The van der Waals surface area contributed by atoms with Crippen molar-refractivity contribution in [1.82, 2.24) is 15.0 Å². The number of nitrogens with two attached hydrogens (primary N) is 1. The van der Waals surface area contributed by atoms with Crippen molar-refractivity contribution in [2.75, 3.05) is 11.1 Å². The van der Waals surface area contributed by atoms with Gasteiger partial charge in [-0.1, -0.05) is 18.2 Å². The van der Waals surface area contributed by atoms with Gasteiger partial charge in [0.05, 0.1) is 6.04 Å². The van der Waals surface area contributed by atoms with Crippen molar-refractivity contribution in [3.05, 3.63) is 54.4 Å². The fraction of sp³-hybridized carbons (Fsp3) is 0.133. The van der Waals surface area contributed by atoms with E-state index in [1.807, 2.05) is 43.3 Å². The molecule has 0 spiro atoms. The van der Waals surface area contributed by atoms with E-state index in [0.717, 1.165) is 22.6 Å². The number of nitrogen functional groups attached to an aromatic ring is 1. The molecule has 3 rings (SSSR count). The highest BCUT2D eigenvalue weighted by Crippen LogP contribution is 2.23. The van der Waals surface area contributed by atoms with E-state index in [0.29, 0.717) is 5.65 Å². The summed E-state index contributed by atoms with van der Waals surface area (Å²) in [7, 11) is 0. The van der Waals surface area contributed by atoms with Gasteiger partial charge in [0, 0.05) is 18.1 Å². The third-order valence-corrected chi connectivity index (χ3v) is 3.16. The molecule has 0 saturated heterocycles. The third kappa shape index (κ3) is 2.38. The Kier molecular flexibility index (Phi) is 3.16. The summed E-state index contributed by atoms with van der Waals surface area (Å²) in [5.74, 6) is 0.758. The van der Waals surface area contributed by atoms with Gasteiger partial charge in [-0.2, -0.15) is 0 Å². The molecule has 1 unspecified atom stereocenters. The third-order valence-electron chi connectivity index (χ3n) is 3.16. The first-order valence-electron chi connectivity index (χ1n) is 6.43. The molecule has 0 aliphatic heterocycles. The van der Waals surface area contributed by atoms with Crippen molar-refractivity contribution in [2.45, 2.75) is 13.0 Å². The zero-order valence-electron chi connectivity index (χ0n) is 11.1. The lowest BCUT2D eigenvalue weighted by molar-refractivity contribution is 0.879. The fourth-order valence-electron chi connectivity index (χ4n) is 2.14. The van der Waals surface area contributed by atoms with E-state index in [1.54, 1.807) is 12.4 Å². The Morgan fingerprint density at radius 1 is 1.05 bits per heavy atom. The quantitative estimate of drug-likeness (QED) is 0.712. The van der Waals surface area contributed by atoms with Gasteiger partial charge in [0.15, 0.2) is 5.65 Å². The van der Waals surface area contributed by atoms with Crippen molar-refractivity contribution in [3.63, 3.8) is 0 Å². The first-order valence-corrected chi connectivity index (χ1v) is 6.43. The fourth-order valence-corrected chi connectivity index (χ4v) is 2.14. The molecule has 5 nitrogen and oxygen atoms in total. The molecule has 5 heteroatoms. The number of hydrogen-bond acceptors (Lipinski definition) is 5. The molecule has 100 valence electrons. The van der Waals surface area contributed by atoms with E-state index in [2.05, 4.69) is 20.3 Å². The molecule has 0 saturated carbocycles. The maximum atomic E-state index is 5.98. The van der Waals surface area contributed by atoms with Crippen LogP contribution in [-0.4, -0.2) is 15.0 Å². The van der Waals surface area contributed by atoms with E-state index >= 15 is 0 Å². The Balaban J connectivity index is 1.87. The molecular formula is C15H15N5. The van der Waals surface area contributed by atoms with Crippen LogP contribution in [0.4, 0.5) is 11.5 Å². The number of pyridine rings is 1. The molecule has 0 fully saturated rings. The zero-order chi connectivity index (χ0) is 13.9. The smallest absolute Gasteiger partial charge is 0.180 e. The number of benzene rings is 1. The second-order valence-electron chi connectivity index (χ2n) is 4.59. The predicted octanol–water partition coefficient (Wildman–Crippen LogP) is 2.78. The maximum absolute atomic E-state index is 5.98. The maximum Gasteiger partial charge on any atom is 0.180 e. The Morgan fingerprint density at radius 2 is 1.85 bits per heavy atom. The molecule has 0 aliphatic carbocycles. The van der Waals surface area contributed by atoms with Crippen LogP contribution in [0.1, 0.15) is 18.5 Å². The highest BCUT2D eigenvalue weighted by molar-refractivity contribution is 5.71. The first-order chi connectivity index (χ1) is 9.74. The summed E-state index contributed by atoms with van der Waals surface area (Å²) in [6.45, 7) is 2.05. The summed E-state index contributed by atoms with van der Waals surface area (Å²) in [4.78, 5) is 12.8. The molecule has 3 N–H and O–H groups in total. The Hall–Kier alpha value is -2.69. The molecule has 0 bridgehead atoms. The van der Waals surface area contributed by atoms with Crippen LogP contribution in [0.2, 0.25) is 0 Å². The van der Waals surface area contributed by atoms with Crippen LogP contribution in [0.3, 0.4) is 0 Å². The van der Waals surface area contributed by atoms with Gasteiger partial charge in [-0.25, -0.2) is 9.97 Å². The first kappa shape index (κ1) is 12.3. The summed E-state index contributed by atoms with van der Waals surface area (Å²) < 4.78 is 0. The van der Waals surface area contributed by atoms with Gasteiger partial charge in [0.1, 0.15) is 11.3 Å². The number of rotatable bonds is 3. The normalized spacial score (nSPS) is 12.2. The minimum absolute atomic E-state index is 0.0674. The number of para-hydroxylation sites is 1. The minimum atomic E-state index is 0.0674. The molecule has 0 aliphatic rings. The van der Waals surface area contributed by atoms with Gasteiger partial charge >= 0.3 is 0 Å². The number of aromatic nitrogens is 3. The van der Waals surface area contributed by atoms with Gasteiger partial charge in [0.25, 0.3) is 0 Å². The summed E-state index contributed by atoms with van der Waals surface area (Å²) in [5.41, 5.74) is 9.22. The van der Waals surface area contributed by atoms with Crippen molar-refractivity contribution in [3.8, 4) is 0 Å². The minimum Gasteiger partial charge on any atom is -0.398 e. The molecule has 2 heterocycles. The van der Waals surface area contributed by atoms with Crippen molar-refractivity contribution < 1.29 is 0 Å². The lowest BCUT2D eigenvalue weighted by Gasteiger charge is -2.16. The number of nitrogens with one attached hydrogen (secondary N) is 1. The average Bonchev–Trinajstić information content (AvgIpc) is 2.47. The van der Waals surface area contributed by atoms with Gasteiger partial charge in [-0.3, -0.25) is 4.98 Å². The molecule has 0 amide bonds. The van der Waals surface area contributed by atoms with Crippen LogP contribution in [0.25, 0.3) is 11.2 Å². The molecule has 0 radical (unpaired) electrons. The zero-order valence-corrected chi connectivity index (χ0v) is 11.1. The summed E-state index contributed by atoms with van der Waals surface area (Å²) in [6.07, 6.45) is 3.29. The lowest BCUT2D eigenvalue weighted by atomic mass is 10.1. The van der Waals surface area contributed by atoms with Crippen molar-refractivity contribution in [1.29, 1.82) is 0 Å². The van der Waals surface area contributed by atoms with E-state index < -0.39 is 0 Å². The molecule has 2 aromatic heterocycles. The van der Waals surface area contributed by atoms with Crippen LogP contribution >= 0.6 is 0 Å². The molecular weight excluding hydrogens is 250 g/mol. The van der Waals surface area contributed by atoms with Gasteiger partial charge in [-0.15, -0.1) is 0 Å². The Morgan fingerprint density at radius 3 is 2.70 bits per heavy atom. The average molecular weight is 265 g/mol. The number of fused-ring (bicyclic) bond motifs is 1. The van der Waals surface area contributed by atoms with Crippen LogP contribution < -0.4 is 11.1 Å². The predicted molar refractivity (Wildman–Crippen MR) is 80.2 cm³/mol. The van der Waals surface area contributed by atoms with Crippen molar-refractivity contribution >= 4 is 22.7 Å². The summed E-state index contributed by atoms with van der Waals surface area (Å²) in [5, 5.41) is 3.33. The largest absolute Gasteiger partial charge is 0.398 e. The Bertz CT molecular complexity index is 741. The summed E-state index contributed by atoms with van der Waals surface area (Å²) >= 11 is 0. The second kappa shape index (κ2) is 5.13. The molecule has 3 aromatic rings. The lowest BCUT2D eigenvalue weighted by Crippen LogP contribution is -2.10.